The van der Waals surface area contributed by atoms with Gasteiger partial charge >= 0.3 is 0 Å². The van der Waals surface area contributed by atoms with Gasteiger partial charge < -0.3 is 4.74 Å². The predicted molar refractivity (Wildman–Crippen MR) is 127 cm³/mol. The van der Waals surface area contributed by atoms with Gasteiger partial charge in [-0.3, -0.25) is 9.69 Å². The number of thiocarbonyl (C=S) groups is 1. The molecule has 0 spiro atoms. The molecule has 0 unspecified atom stereocenters. The van der Waals surface area contributed by atoms with Crippen molar-refractivity contribution in [3.63, 3.8) is 0 Å². The minimum Gasteiger partial charge on any atom is -0.489 e. The molecule has 3 nitrogen and oxygen atoms in total. The third-order valence-corrected chi connectivity index (χ3v) is 6.77. The molecule has 1 atom stereocenters. The highest BCUT2D eigenvalue weighted by Crippen LogP contribution is 2.32. The molecule has 1 heterocycles. The molecule has 1 amide bonds. The Morgan fingerprint density at radius 2 is 1.61 bits per heavy atom. The first-order chi connectivity index (χ1) is 15.1. The van der Waals surface area contributed by atoms with Crippen molar-refractivity contribution in [3.8, 4) is 5.75 Å². The van der Waals surface area contributed by atoms with Crippen LogP contribution >= 0.6 is 24.0 Å². The fourth-order valence-corrected chi connectivity index (χ4v) is 5.07. The van der Waals surface area contributed by atoms with Gasteiger partial charge in [0.2, 0.25) is 5.91 Å². The second kappa shape index (κ2) is 10.1. The molecule has 1 aliphatic rings. The summed E-state index contributed by atoms with van der Waals surface area (Å²) in [4.78, 5) is 14.7. The Morgan fingerprint density at radius 1 is 0.935 bits per heavy atom. The van der Waals surface area contributed by atoms with Crippen LogP contribution in [-0.4, -0.2) is 26.9 Å². The zero-order chi connectivity index (χ0) is 21.6. The van der Waals surface area contributed by atoms with E-state index in [1.165, 1.54) is 23.4 Å². The fourth-order valence-electron chi connectivity index (χ4n) is 3.50. The Bertz CT molecular complexity index is 1070. The average Bonchev–Trinajstić information content (AvgIpc) is 3.05. The van der Waals surface area contributed by atoms with E-state index in [0.29, 0.717) is 28.6 Å². The number of rotatable bonds is 8. The maximum absolute atomic E-state index is 13.9. The number of hydrogen-bond acceptors (Lipinski definition) is 4. The molecule has 0 saturated carbocycles. The van der Waals surface area contributed by atoms with Gasteiger partial charge in [-0.2, -0.15) is 0 Å². The minimum atomic E-state index is -0.291. The van der Waals surface area contributed by atoms with Gasteiger partial charge in [0, 0.05) is 12.1 Å². The largest absolute Gasteiger partial charge is 0.489 e. The monoisotopic (exact) mass is 451 g/mol. The van der Waals surface area contributed by atoms with E-state index in [1.54, 1.807) is 23.1 Å². The summed E-state index contributed by atoms with van der Waals surface area (Å²) in [5, 5.41) is -0.276. The SMILES string of the molecule is O=C1[C@H](Cc2ccccc2OCc2ccccc2F)SC(=S)N1CCc1ccccc1. The Hall–Kier alpha value is -2.70. The van der Waals surface area contributed by atoms with E-state index in [4.69, 9.17) is 17.0 Å². The second-order valence-corrected chi connectivity index (χ2v) is 9.13. The van der Waals surface area contributed by atoms with Crippen LogP contribution in [0.1, 0.15) is 16.7 Å². The topological polar surface area (TPSA) is 29.5 Å². The highest BCUT2D eigenvalue weighted by Gasteiger charge is 2.36. The molecule has 0 N–H and O–H groups in total. The van der Waals surface area contributed by atoms with Crippen LogP contribution in [0.3, 0.4) is 0 Å². The van der Waals surface area contributed by atoms with Gasteiger partial charge in [0.15, 0.2) is 0 Å². The molecular formula is C25H22FNO2S2. The first-order valence-corrected chi connectivity index (χ1v) is 11.4. The van der Waals surface area contributed by atoms with Crippen molar-refractivity contribution in [2.24, 2.45) is 0 Å². The summed E-state index contributed by atoms with van der Waals surface area (Å²) in [6.07, 6.45) is 1.28. The summed E-state index contributed by atoms with van der Waals surface area (Å²) in [6.45, 7) is 0.716. The minimum absolute atomic E-state index is 0.0369. The standard InChI is InChI=1S/C25H22FNO2S2/c26-21-12-6-4-11-20(21)17-29-22-13-7-5-10-19(22)16-23-24(28)27(25(30)31-23)15-14-18-8-2-1-3-9-18/h1-13,23H,14-17H2/t23-/m0/s1. The number of hydrogen-bond donors (Lipinski definition) is 0. The molecule has 1 fully saturated rings. The van der Waals surface area contributed by atoms with Crippen molar-refractivity contribution in [1.29, 1.82) is 0 Å². The first kappa shape index (κ1) is 21.5. The number of thioether (sulfide) groups is 1. The van der Waals surface area contributed by atoms with E-state index in [1.807, 2.05) is 42.5 Å². The van der Waals surface area contributed by atoms with Gasteiger partial charge in [-0.1, -0.05) is 90.7 Å². The Balaban J connectivity index is 1.40. The zero-order valence-corrected chi connectivity index (χ0v) is 18.5. The van der Waals surface area contributed by atoms with Crippen LogP contribution in [-0.2, 0) is 24.2 Å². The van der Waals surface area contributed by atoms with Crippen molar-refractivity contribution in [2.75, 3.05) is 6.54 Å². The van der Waals surface area contributed by atoms with E-state index in [-0.39, 0.29) is 23.6 Å². The van der Waals surface area contributed by atoms with Crippen LogP contribution in [0, 0.1) is 5.82 Å². The molecular weight excluding hydrogens is 429 g/mol. The van der Waals surface area contributed by atoms with Crippen LogP contribution in [0.25, 0.3) is 0 Å². The maximum atomic E-state index is 13.9. The lowest BCUT2D eigenvalue weighted by atomic mass is 10.1. The maximum Gasteiger partial charge on any atom is 0.241 e. The number of carbonyl (C=O) groups excluding carboxylic acids is 1. The molecule has 31 heavy (non-hydrogen) atoms. The average molecular weight is 452 g/mol. The van der Waals surface area contributed by atoms with Crippen LogP contribution in [0.5, 0.6) is 5.75 Å². The Kier molecular flexibility index (Phi) is 6.99. The summed E-state index contributed by atoms with van der Waals surface area (Å²) in [5.74, 6) is 0.406. The van der Waals surface area contributed by atoms with Crippen molar-refractivity contribution < 1.29 is 13.9 Å². The van der Waals surface area contributed by atoms with Gasteiger partial charge in [0.1, 0.15) is 22.5 Å². The van der Waals surface area contributed by atoms with E-state index in [2.05, 4.69) is 12.1 Å². The zero-order valence-electron chi connectivity index (χ0n) is 16.9. The molecule has 0 aliphatic carbocycles. The van der Waals surface area contributed by atoms with Crippen LogP contribution in [0.4, 0.5) is 4.39 Å². The molecule has 0 radical (unpaired) electrons. The predicted octanol–water partition coefficient (Wildman–Crippen LogP) is 5.42. The van der Waals surface area contributed by atoms with Gasteiger partial charge in [0.25, 0.3) is 0 Å². The normalized spacial score (nSPS) is 16.0. The number of para-hydroxylation sites is 1. The lowest BCUT2D eigenvalue weighted by molar-refractivity contribution is -0.126. The summed E-state index contributed by atoms with van der Waals surface area (Å²) in [5.41, 5.74) is 2.59. The summed E-state index contributed by atoms with van der Waals surface area (Å²) >= 11 is 6.91. The van der Waals surface area contributed by atoms with Gasteiger partial charge in [-0.15, -0.1) is 0 Å². The van der Waals surface area contributed by atoms with Crippen molar-refractivity contribution >= 4 is 34.2 Å². The Morgan fingerprint density at radius 3 is 2.39 bits per heavy atom. The lowest BCUT2D eigenvalue weighted by Crippen LogP contribution is -2.33. The number of carbonyl (C=O) groups is 1. The van der Waals surface area contributed by atoms with Crippen molar-refractivity contribution in [1.82, 2.24) is 4.90 Å². The molecule has 4 rings (SSSR count). The van der Waals surface area contributed by atoms with Crippen LogP contribution in [0.15, 0.2) is 78.9 Å². The number of benzene rings is 3. The number of amides is 1. The molecule has 6 heteroatoms. The van der Waals surface area contributed by atoms with Gasteiger partial charge in [0.05, 0.1) is 5.25 Å². The number of nitrogens with zero attached hydrogens (tertiary/aromatic N) is 1. The number of halogens is 1. The lowest BCUT2D eigenvalue weighted by Gasteiger charge is -2.16. The van der Waals surface area contributed by atoms with E-state index >= 15 is 0 Å². The van der Waals surface area contributed by atoms with Crippen LogP contribution < -0.4 is 4.74 Å². The summed E-state index contributed by atoms with van der Waals surface area (Å²) in [7, 11) is 0. The molecule has 3 aromatic carbocycles. The quantitative estimate of drug-likeness (QED) is 0.428. The first-order valence-electron chi connectivity index (χ1n) is 10.1. The highest BCUT2D eigenvalue weighted by molar-refractivity contribution is 8.24. The van der Waals surface area contributed by atoms with E-state index < -0.39 is 0 Å². The molecule has 0 aromatic heterocycles. The third-order valence-electron chi connectivity index (χ3n) is 5.19. The molecule has 3 aromatic rings. The fraction of sp³-hybridized carbons (Fsp3) is 0.200. The molecule has 1 aliphatic heterocycles. The smallest absolute Gasteiger partial charge is 0.241 e. The van der Waals surface area contributed by atoms with Crippen LogP contribution in [0.2, 0.25) is 0 Å². The second-order valence-electron chi connectivity index (χ2n) is 7.29. The Labute approximate surface area is 191 Å². The molecule has 158 valence electrons. The summed E-state index contributed by atoms with van der Waals surface area (Å²) in [6, 6.07) is 24.2. The van der Waals surface area contributed by atoms with E-state index in [0.717, 1.165) is 12.0 Å². The molecule has 0 bridgehead atoms. The van der Waals surface area contributed by atoms with E-state index in [9.17, 15) is 9.18 Å². The van der Waals surface area contributed by atoms with Gasteiger partial charge in [-0.25, -0.2) is 4.39 Å². The number of ether oxygens (including phenoxy) is 1. The highest BCUT2D eigenvalue weighted by atomic mass is 32.2. The third kappa shape index (κ3) is 5.32. The molecule has 1 saturated heterocycles. The van der Waals surface area contributed by atoms with Crippen molar-refractivity contribution in [3.05, 3.63) is 101 Å². The van der Waals surface area contributed by atoms with Crippen molar-refractivity contribution in [2.45, 2.75) is 24.7 Å². The van der Waals surface area contributed by atoms with Gasteiger partial charge in [-0.05, 0) is 36.1 Å². The summed E-state index contributed by atoms with van der Waals surface area (Å²) < 4.78 is 20.4.